The predicted octanol–water partition coefficient (Wildman–Crippen LogP) is 1.01. The highest BCUT2D eigenvalue weighted by atomic mass is 16.5. The number of ether oxygens (including phenoxy) is 1. The van der Waals surface area contributed by atoms with E-state index in [1.807, 2.05) is 0 Å². The lowest BCUT2D eigenvalue weighted by atomic mass is 10.2. The quantitative estimate of drug-likeness (QED) is 0.674. The van der Waals surface area contributed by atoms with Gasteiger partial charge in [-0.05, 0) is 18.9 Å². The minimum atomic E-state index is -1.01. The van der Waals surface area contributed by atoms with Crippen molar-refractivity contribution in [1.29, 1.82) is 0 Å². The fourth-order valence-corrected chi connectivity index (χ4v) is 1.21. The highest BCUT2D eigenvalue weighted by Crippen LogP contribution is 2.09. The van der Waals surface area contributed by atoms with Crippen molar-refractivity contribution >= 4 is 11.8 Å². The van der Waals surface area contributed by atoms with Gasteiger partial charge in [0.2, 0.25) is 0 Å². The van der Waals surface area contributed by atoms with E-state index in [0.29, 0.717) is 19.0 Å². The van der Waals surface area contributed by atoms with Crippen LogP contribution in [0.3, 0.4) is 0 Å². The van der Waals surface area contributed by atoms with Crippen LogP contribution >= 0.6 is 0 Å². The number of nitrogens with one attached hydrogen (secondary N) is 1. The second-order valence-corrected chi connectivity index (χ2v) is 3.23. The number of nitrogens with zero attached hydrogens (tertiary/aromatic N) is 2. The number of anilines is 1. The van der Waals surface area contributed by atoms with Gasteiger partial charge < -0.3 is 15.2 Å². The number of carboxylic acid groups (broad SMARTS) is 1. The molecule has 0 amide bonds. The van der Waals surface area contributed by atoms with E-state index in [-0.39, 0.29) is 5.56 Å². The number of carbonyl (C=O) groups is 1. The summed E-state index contributed by atoms with van der Waals surface area (Å²) < 4.78 is 4.91. The Morgan fingerprint density at radius 3 is 3.06 bits per heavy atom. The van der Waals surface area contributed by atoms with Crippen molar-refractivity contribution in [3.8, 4) is 0 Å². The van der Waals surface area contributed by atoms with Crippen LogP contribution in [0.2, 0.25) is 0 Å². The first-order valence-corrected chi connectivity index (χ1v) is 5.03. The lowest BCUT2D eigenvalue weighted by Crippen LogP contribution is -2.10. The highest BCUT2D eigenvalue weighted by Gasteiger charge is 2.10. The molecule has 1 aromatic heterocycles. The van der Waals surface area contributed by atoms with Crippen LogP contribution in [-0.4, -0.2) is 41.5 Å². The van der Waals surface area contributed by atoms with Gasteiger partial charge in [-0.3, -0.25) is 0 Å². The largest absolute Gasteiger partial charge is 0.478 e. The van der Waals surface area contributed by atoms with Gasteiger partial charge in [-0.15, -0.1) is 5.10 Å². The van der Waals surface area contributed by atoms with Crippen LogP contribution < -0.4 is 5.32 Å². The number of hydrogen-bond acceptors (Lipinski definition) is 5. The minimum absolute atomic E-state index is 0.141. The normalized spacial score (nSPS) is 10.1. The van der Waals surface area contributed by atoms with Crippen molar-refractivity contribution in [2.75, 3.05) is 25.6 Å². The Labute approximate surface area is 93.6 Å². The number of hydrogen-bond donors (Lipinski definition) is 2. The predicted molar refractivity (Wildman–Crippen MR) is 58.6 cm³/mol. The van der Waals surface area contributed by atoms with Gasteiger partial charge in [-0.2, -0.15) is 5.10 Å². The maximum Gasteiger partial charge on any atom is 0.339 e. The Hall–Kier alpha value is -1.69. The van der Waals surface area contributed by atoms with Gasteiger partial charge in [0, 0.05) is 20.3 Å². The lowest BCUT2D eigenvalue weighted by molar-refractivity contribution is 0.0697. The van der Waals surface area contributed by atoms with Gasteiger partial charge in [0.25, 0.3) is 0 Å². The standard InChI is InChI=1S/C10H15N3O3/c1-16-7-3-2-5-11-9-8(10(14)15)4-6-12-13-9/h4,6H,2-3,5,7H2,1H3,(H,11,13)(H,14,15). The Morgan fingerprint density at radius 1 is 1.56 bits per heavy atom. The highest BCUT2D eigenvalue weighted by molar-refractivity contribution is 5.92. The Kier molecular flexibility index (Phi) is 5.21. The van der Waals surface area contributed by atoms with E-state index in [2.05, 4.69) is 15.5 Å². The average Bonchev–Trinajstić information content (AvgIpc) is 2.29. The minimum Gasteiger partial charge on any atom is -0.478 e. The molecular formula is C10H15N3O3. The Balaban J connectivity index is 2.44. The third-order valence-electron chi connectivity index (χ3n) is 2.02. The molecular weight excluding hydrogens is 210 g/mol. The van der Waals surface area contributed by atoms with E-state index in [9.17, 15) is 4.79 Å². The molecule has 0 aliphatic rings. The van der Waals surface area contributed by atoms with Gasteiger partial charge in [0.15, 0.2) is 5.82 Å². The second-order valence-electron chi connectivity index (χ2n) is 3.23. The van der Waals surface area contributed by atoms with Crippen molar-refractivity contribution in [3.05, 3.63) is 17.8 Å². The zero-order valence-electron chi connectivity index (χ0n) is 9.14. The lowest BCUT2D eigenvalue weighted by Gasteiger charge is -2.06. The molecule has 6 nitrogen and oxygen atoms in total. The van der Waals surface area contributed by atoms with E-state index in [1.54, 1.807) is 7.11 Å². The summed E-state index contributed by atoms with van der Waals surface area (Å²) in [6.45, 7) is 1.36. The summed E-state index contributed by atoms with van der Waals surface area (Å²) in [5, 5.41) is 19.2. The van der Waals surface area contributed by atoms with Crippen molar-refractivity contribution in [2.24, 2.45) is 0 Å². The maximum atomic E-state index is 10.8. The molecule has 6 heteroatoms. The molecule has 88 valence electrons. The first-order valence-electron chi connectivity index (χ1n) is 5.03. The fourth-order valence-electron chi connectivity index (χ4n) is 1.21. The smallest absolute Gasteiger partial charge is 0.339 e. The number of carboxylic acids is 1. The summed E-state index contributed by atoms with van der Waals surface area (Å²) in [5.74, 6) is -0.693. The summed E-state index contributed by atoms with van der Waals surface area (Å²) in [5.41, 5.74) is 0.141. The summed E-state index contributed by atoms with van der Waals surface area (Å²) in [7, 11) is 1.65. The number of aromatic nitrogens is 2. The van der Waals surface area contributed by atoms with E-state index in [0.717, 1.165) is 12.8 Å². The van der Waals surface area contributed by atoms with Crippen molar-refractivity contribution in [1.82, 2.24) is 10.2 Å². The molecule has 0 radical (unpaired) electrons. The Bertz CT molecular complexity index is 344. The third-order valence-corrected chi connectivity index (χ3v) is 2.02. The van der Waals surface area contributed by atoms with Crippen LogP contribution in [0.1, 0.15) is 23.2 Å². The van der Waals surface area contributed by atoms with Gasteiger partial charge in [0.1, 0.15) is 5.56 Å². The molecule has 1 aromatic rings. The second kappa shape index (κ2) is 6.73. The van der Waals surface area contributed by atoms with Gasteiger partial charge in [-0.1, -0.05) is 0 Å². The molecule has 0 aromatic carbocycles. The first-order chi connectivity index (χ1) is 7.75. The van der Waals surface area contributed by atoms with Crippen LogP contribution in [0.25, 0.3) is 0 Å². The van der Waals surface area contributed by atoms with E-state index >= 15 is 0 Å². The SMILES string of the molecule is COCCCCNc1nnccc1C(=O)O. The molecule has 1 heterocycles. The monoisotopic (exact) mass is 225 g/mol. The first kappa shape index (κ1) is 12.4. The number of aromatic carboxylic acids is 1. The van der Waals surface area contributed by atoms with Crippen molar-refractivity contribution in [2.45, 2.75) is 12.8 Å². The summed E-state index contributed by atoms with van der Waals surface area (Å²) in [4.78, 5) is 10.8. The van der Waals surface area contributed by atoms with Crippen LogP contribution in [0.4, 0.5) is 5.82 Å². The molecule has 16 heavy (non-hydrogen) atoms. The van der Waals surface area contributed by atoms with Crippen molar-refractivity contribution in [3.63, 3.8) is 0 Å². The average molecular weight is 225 g/mol. The van der Waals surface area contributed by atoms with Crippen LogP contribution in [0.5, 0.6) is 0 Å². The van der Waals surface area contributed by atoms with Crippen LogP contribution in [-0.2, 0) is 4.74 Å². The van der Waals surface area contributed by atoms with Gasteiger partial charge in [0.05, 0.1) is 6.20 Å². The third kappa shape index (κ3) is 3.82. The van der Waals surface area contributed by atoms with E-state index in [4.69, 9.17) is 9.84 Å². The number of rotatable bonds is 7. The van der Waals surface area contributed by atoms with Gasteiger partial charge in [-0.25, -0.2) is 4.79 Å². The van der Waals surface area contributed by atoms with Crippen LogP contribution in [0.15, 0.2) is 12.3 Å². The molecule has 0 atom stereocenters. The summed E-state index contributed by atoms with van der Waals surface area (Å²) >= 11 is 0. The fraction of sp³-hybridized carbons (Fsp3) is 0.500. The molecule has 0 spiro atoms. The van der Waals surface area contributed by atoms with E-state index in [1.165, 1.54) is 12.3 Å². The molecule has 0 unspecified atom stereocenters. The molecule has 0 fully saturated rings. The summed E-state index contributed by atoms with van der Waals surface area (Å²) in [6, 6.07) is 1.42. The molecule has 0 aliphatic heterocycles. The Morgan fingerprint density at radius 2 is 2.38 bits per heavy atom. The van der Waals surface area contributed by atoms with Crippen molar-refractivity contribution < 1.29 is 14.6 Å². The van der Waals surface area contributed by atoms with E-state index < -0.39 is 5.97 Å². The maximum absolute atomic E-state index is 10.8. The molecule has 0 saturated carbocycles. The zero-order valence-corrected chi connectivity index (χ0v) is 9.14. The number of unbranched alkanes of at least 4 members (excludes halogenated alkanes) is 1. The van der Waals surface area contributed by atoms with Gasteiger partial charge >= 0.3 is 5.97 Å². The number of methoxy groups -OCH3 is 1. The molecule has 1 rings (SSSR count). The summed E-state index contributed by atoms with van der Waals surface area (Å²) in [6.07, 6.45) is 3.18. The van der Waals surface area contributed by atoms with Crippen LogP contribution in [0, 0.1) is 0 Å². The topological polar surface area (TPSA) is 84.3 Å². The molecule has 0 aliphatic carbocycles. The molecule has 0 saturated heterocycles. The molecule has 2 N–H and O–H groups in total. The molecule has 0 bridgehead atoms. The zero-order chi connectivity index (χ0) is 11.8.